The van der Waals surface area contributed by atoms with Gasteiger partial charge in [-0.2, -0.15) is 5.26 Å². The van der Waals surface area contributed by atoms with Crippen molar-refractivity contribution in [2.75, 3.05) is 24.5 Å². The molecule has 0 radical (unpaired) electrons. The van der Waals surface area contributed by atoms with E-state index >= 15 is 0 Å². The number of amides is 1. The fourth-order valence-electron chi connectivity index (χ4n) is 2.26. The second kappa shape index (κ2) is 5.87. The van der Waals surface area contributed by atoms with Crippen LogP contribution in [0.1, 0.15) is 25.5 Å². The number of nitrogens with zero attached hydrogens (tertiary/aromatic N) is 3. The molecule has 0 bridgehead atoms. The Kier molecular flexibility index (Phi) is 4.18. The van der Waals surface area contributed by atoms with Crippen molar-refractivity contribution in [3.05, 3.63) is 24.0 Å². The molecule has 0 atom stereocenters. The van der Waals surface area contributed by atoms with E-state index in [1.807, 2.05) is 17.0 Å². The zero-order chi connectivity index (χ0) is 14.6. The second-order valence-electron chi connectivity index (χ2n) is 5.06. The highest BCUT2D eigenvalue weighted by Crippen LogP contribution is 2.28. The quantitative estimate of drug-likeness (QED) is 0.906. The van der Waals surface area contributed by atoms with Crippen LogP contribution in [-0.4, -0.2) is 36.2 Å². The molecule has 1 aliphatic rings. The summed E-state index contributed by atoms with van der Waals surface area (Å²) < 4.78 is 14.4. The highest BCUT2D eigenvalue weighted by molar-refractivity contribution is 5.72. The van der Waals surface area contributed by atoms with Gasteiger partial charge >= 0.3 is 0 Å². The van der Waals surface area contributed by atoms with Gasteiger partial charge in [0.05, 0.1) is 18.4 Å². The van der Waals surface area contributed by atoms with E-state index in [2.05, 4.69) is 10.3 Å². The molecule has 106 valence electrons. The standard InChI is InChI=1S/C14H17FN4O/c1-11(20)18-10-14(15)4-6-19(7-5-14)13-3-2-12(8-16)17-9-13/h2-3,9H,4-7,10H2,1H3,(H,18,20). The number of halogens is 1. The average molecular weight is 276 g/mol. The number of rotatable bonds is 3. The first-order chi connectivity index (χ1) is 9.52. The lowest BCUT2D eigenvalue weighted by Crippen LogP contribution is -2.48. The van der Waals surface area contributed by atoms with Crippen LogP contribution >= 0.6 is 0 Å². The minimum absolute atomic E-state index is 0.0712. The van der Waals surface area contributed by atoms with Crippen molar-refractivity contribution < 1.29 is 9.18 Å². The first kappa shape index (κ1) is 14.3. The summed E-state index contributed by atoms with van der Waals surface area (Å²) in [6.45, 7) is 2.61. The molecule has 1 fully saturated rings. The molecule has 1 amide bonds. The Morgan fingerprint density at radius 1 is 1.55 bits per heavy atom. The number of aromatic nitrogens is 1. The Morgan fingerprint density at radius 2 is 2.25 bits per heavy atom. The summed E-state index contributed by atoms with van der Waals surface area (Å²) in [5.41, 5.74) is -0.0656. The molecule has 6 heteroatoms. The number of carbonyl (C=O) groups is 1. The summed E-state index contributed by atoms with van der Waals surface area (Å²) in [7, 11) is 0. The number of nitrogens with one attached hydrogen (secondary N) is 1. The predicted octanol–water partition coefficient (Wildman–Crippen LogP) is 1.40. The van der Waals surface area contributed by atoms with Gasteiger partial charge in [-0.25, -0.2) is 9.37 Å². The maximum atomic E-state index is 14.4. The van der Waals surface area contributed by atoms with Crippen molar-refractivity contribution in [3.8, 4) is 6.07 Å². The van der Waals surface area contributed by atoms with Gasteiger partial charge in [0.2, 0.25) is 5.91 Å². The molecular weight excluding hydrogens is 259 g/mol. The smallest absolute Gasteiger partial charge is 0.216 e. The lowest BCUT2D eigenvalue weighted by Gasteiger charge is -2.37. The molecule has 0 spiro atoms. The average Bonchev–Trinajstić information content (AvgIpc) is 2.46. The number of pyridine rings is 1. The number of hydrogen-bond donors (Lipinski definition) is 1. The lowest BCUT2D eigenvalue weighted by molar-refractivity contribution is -0.119. The highest BCUT2D eigenvalue weighted by atomic mass is 19.1. The van der Waals surface area contributed by atoms with E-state index in [0.717, 1.165) is 5.69 Å². The fourth-order valence-corrected chi connectivity index (χ4v) is 2.26. The minimum atomic E-state index is -1.33. The topological polar surface area (TPSA) is 69.0 Å². The van der Waals surface area contributed by atoms with Gasteiger partial charge < -0.3 is 10.2 Å². The van der Waals surface area contributed by atoms with Crippen molar-refractivity contribution >= 4 is 11.6 Å². The van der Waals surface area contributed by atoms with E-state index in [4.69, 9.17) is 5.26 Å². The Hall–Kier alpha value is -2.16. The highest BCUT2D eigenvalue weighted by Gasteiger charge is 2.34. The van der Waals surface area contributed by atoms with Gasteiger partial charge in [-0.1, -0.05) is 0 Å². The predicted molar refractivity (Wildman–Crippen MR) is 72.9 cm³/mol. The SMILES string of the molecule is CC(=O)NCC1(F)CCN(c2ccc(C#N)nc2)CC1. The normalized spacial score (nSPS) is 17.4. The van der Waals surface area contributed by atoms with Crippen LogP contribution in [0.25, 0.3) is 0 Å². The summed E-state index contributed by atoms with van der Waals surface area (Å²) in [5.74, 6) is -0.208. The van der Waals surface area contributed by atoms with Crippen LogP contribution in [0.15, 0.2) is 18.3 Å². The van der Waals surface area contributed by atoms with Crippen molar-refractivity contribution in [2.24, 2.45) is 0 Å². The molecule has 0 saturated carbocycles. The van der Waals surface area contributed by atoms with Crippen LogP contribution in [0.5, 0.6) is 0 Å². The van der Waals surface area contributed by atoms with Gasteiger partial charge in [0.15, 0.2) is 0 Å². The molecule has 2 rings (SSSR count). The third kappa shape index (κ3) is 3.44. The second-order valence-corrected chi connectivity index (χ2v) is 5.06. The molecule has 0 aliphatic carbocycles. The molecule has 1 saturated heterocycles. The number of nitriles is 1. The zero-order valence-corrected chi connectivity index (χ0v) is 11.4. The monoisotopic (exact) mass is 276 g/mol. The van der Waals surface area contributed by atoms with Crippen molar-refractivity contribution in [1.29, 1.82) is 5.26 Å². The number of carbonyl (C=O) groups excluding carboxylic acids is 1. The summed E-state index contributed by atoms with van der Waals surface area (Å²) in [4.78, 5) is 16.9. The largest absolute Gasteiger partial charge is 0.370 e. The van der Waals surface area contributed by atoms with Crippen LogP contribution in [0.4, 0.5) is 10.1 Å². The molecule has 1 aliphatic heterocycles. The van der Waals surface area contributed by atoms with E-state index in [9.17, 15) is 9.18 Å². The molecule has 0 aromatic carbocycles. The molecule has 1 aromatic rings. The summed E-state index contributed by atoms with van der Waals surface area (Å²) in [6.07, 6.45) is 2.37. The van der Waals surface area contributed by atoms with Crippen molar-refractivity contribution in [2.45, 2.75) is 25.4 Å². The first-order valence-electron chi connectivity index (χ1n) is 6.57. The summed E-state index contributed by atoms with van der Waals surface area (Å²) in [6, 6.07) is 5.45. The molecule has 0 unspecified atom stereocenters. The number of hydrogen-bond acceptors (Lipinski definition) is 4. The Bertz CT molecular complexity index is 515. The van der Waals surface area contributed by atoms with Gasteiger partial charge in [0, 0.05) is 32.9 Å². The molecular formula is C14H17FN4O. The van der Waals surface area contributed by atoms with Crippen LogP contribution in [0, 0.1) is 11.3 Å². The maximum Gasteiger partial charge on any atom is 0.216 e. The van der Waals surface area contributed by atoms with E-state index in [1.54, 1.807) is 12.3 Å². The van der Waals surface area contributed by atoms with Crippen molar-refractivity contribution in [3.63, 3.8) is 0 Å². The van der Waals surface area contributed by atoms with Crippen molar-refractivity contribution in [1.82, 2.24) is 10.3 Å². The van der Waals surface area contributed by atoms with E-state index < -0.39 is 5.67 Å². The van der Waals surface area contributed by atoms with Crippen LogP contribution in [-0.2, 0) is 4.79 Å². The van der Waals surface area contributed by atoms with Crippen LogP contribution in [0.2, 0.25) is 0 Å². The van der Waals surface area contributed by atoms with Gasteiger partial charge in [0.1, 0.15) is 17.4 Å². The Balaban J connectivity index is 1.93. The zero-order valence-electron chi connectivity index (χ0n) is 11.4. The lowest BCUT2D eigenvalue weighted by atomic mass is 9.93. The maximum absolute atomic E-state index is 14.4. The van der Waals surface area contributed by atoms with Gasteiger partial charge in [-0.3, -0.25) is 4.79 Å². The molecule has 20 heavy (non-hydrogen) atoms. The third-order valence-corrected chi connectivity index (χ3v) is 3.54. The molecule has 1 aromatic heterocycles. The molecule has 1 N–H and O–H groups in total. The van der Waals surface area contributed by atoms with E-state index in [1.165, 1.54) is 6.92 Å². The summed E-state index contributed by atoms with van der Waals surface area (Å²) in [5, 5.41) is 11.2. The molecule has 5 nitrogen and oxygen atoms in total. The van der Waals surface area contributed by atoms with E-state index in [0.29, 0.717) is 31.6 Å². The first-order valence-corrected chi connectivity index (χ1v) is 6.57. The van der Waals surface area contributed by atoms with Crippen LogP contribution in [0.3, 0.4) is 0 Å². The van der Waals surface area contributed by atoms with Crippen LogP contribution < -0.4 is 10.2 Å². The Labute approximate surface area is 117 Å². The summed E-state index contributed by atoms with van der Waals surface area (Å²) >= 11 is 0. The number of alkyl halides is 1. The van der Waals surface area contributed by atoms with Gasteiger partial charge in [-0.05, 0) is 12.1 Å². The Morgan fingerprint density at radius 3 is 2.75 bits per heavy atom. The number of piperidine rings is 1. The minimum Gasteiger partial charge on any atom is -0.370 e. The van der Waals surface area contributed by atoms with Gasteiger partial charge in [0.25, 0.3) is 0 Å². The third-order valence-electron chi connectivity index (χ3n) is 3.54. The fraction of sp³-hybridized carbons (Fsp3) is 0.500. The van der Waals surface area contributed by atoms with Gasteiger partial charge in [-0.15, -0.1) is 0 Å². The molecule has 2 heterocycles. The van der Waals surface area contributed by atoms with E-state index in [-0.39, 0.29) is 12.5 Å². The number of anilines is 1.